The predicted octanol–water partition coefficient (Wildman–Crippen LogP) is 3.66. The van der Waals surface area contributed by atoms with Crippen LogP contribution in [-0.4, -0.2) is 19.1 Å². The SMILES string of the molecule is COc1ccc2c(cc[n+]3c4ccc([N+](=O)[O-])cc4ccc23)c1OC. The zero-order chi connectivity index (χ0) is 17.6. The standard InChI is InChI=1S/C19H15N2O4/c1-24-18-8-5-14-15(19(18)25-2)9-10-20-16-7-4-13(21(22)23)11-12(16)3-6-17(14)20/h3-11H,1-2H3/q+1. The summed E-state index contributed by atoms with van der Waals surface area (Å²) in [6.45, 7) is 0. The Morgan fingerprint density at radius 1 is 0.920 bits per heavy atom. The van der Waals surface area contributed by atoms with Gasteiger partial charge in [-0.2, -0.15) is 4.40 Å². The molecule has 0 aliphatic rings. The van der Waals surface area contributed by atoms with E-state index in [-0.39, 0.29) is 10.6 Å². The van der Waals surface area contributed by atoms with Crippen LogP contribution < -0.4 is 13.9 Å². The third-order valence-corrected chi connectivity index (χ3v) is 4.41. The zero-order valence-corrected chi connectivity index (χ0v) is 13.7. The third-order valence-electron chi connectivity index (χ3n) is 4.41. The van der Waals surface area contributed by atoms with Gasteiger partial charge in [0.25, 0.3) is 5.69 Å². The lowest BCUT2D eigenvalue weighted by Gasteiger charge is -2.10. The molecule has 0 radical (unpaired) electrons. The van der Waals surface area contributed by atoms with Crippen LogP contribution in [-0.2, 0) is 0 Å². The van der Waals surface area contributed by atoms with E-state index in [1.54, 1.807) is 26.4 Å². The maximum atomic E-state index is 11.0. The molecule has 2 aromatic carbocycles. The van der Waals surface area contributed by atoms with Gasteiger partial charge in [-0.1, -0.05) is 0 Å². The molecule has 0 N–H and O–H groups in total. The number of ether oxygens (including phenoxy) is 2. The number of nitro benzene ring substituents is 1. The van der Waals surface area contributed by atoms with Gasteiger partial charge in [0.15, 0.2) is 17.7 Å². The first kappa shape index (κ1) is 15.1. The number of hydrogen-bond donors (Lipinski definition) is 0. The molecule has 4 rings (SSSR count). The Morgan fingerprint density at radius 3 is 2.44 bits per heavy atom. The number of nitro groups is 1. The van der Waals surface area contributed by atoms with Crippen molar-refractivity contribution in [2.75, 3.05) is 14.2 Å². The van der Waals surface area contributed by atoms with E-state index in [4.69, 9.17) is 9.47 Å². The highest BCUT2D eigenvalue weighted by Gasteiger charge is 2.18. The number of pyridine rings is 2. The molecule has 0 fully saturated rings. The van der Waals surface area contributed by atoms with Crippen LogP contribution in [0.2, 0.25) is 0 Å². The average Bonchev–Trinajstić information content (AvgIpc) is 2.65. The molecule has 0 aliphatic heterocycles. The third kappa shape index (κ3) is 2.22. The number of benzene rings is 2. The average molecular weight is 335 g/mol. The Bertz CT molecular complexity index is 1150. The molecule has 0 spiro atoms. The minimum Gasteiger partial charge on any atom is -0.493 e. The molecule has 6 heteroatoms. The number of methoxy groups -OCH3 is 2. The molecule has 0 atom stereocenters. The molecule has 0 bridgehead atoms. The van der Waals surface area contributed by atoms with Gasteiger partial charge >= 0.3 is 0 Å². The topological polar surface area (TPSA) is 65.7 Å². The smallest absolute Gasteiger partial charge is 0.270 e. The Hall–Kier alpha value is -3.41. The summed E-state index contributed by atoms with van der Waals surface area (Å²) in [7, 11) is 3.23. The van der Waals surface area contributed by atoms with Gasteiger partial charge in [0.1, 0.15) is 0 Å². The molecule has 0 amide bonds. The fourth-order valence-electron chi connectivity index (χ4n) is 3.26. The van der Waals surface area contributed by atoms with Crippen molar-refractivity contribution >= 4 is 32.9 Å². The number of hydrogen-bond acceptors (Lipinski definition) is 4. The highest BCUT2D eigenvalue weighted by molar-refractivity contribution is 6.00. The molecule has 2 heterocycles. The summed E-state index contributed by atoms with van der Waals surface area (Å²) in [5, 5.41) is 13.8. The van der Waals surface area contributed by atoms with Crippen molar-refractivity contribution in [3.63, 3.8) is 0 Å². The lowest BCUT2D eigenvalue weighted by molar-refractivity contribution is -0.480. The maximum absolute atomic E-state index is 11.0. The van der Waals surface area contributed by atoms with Gasteiger partial charge in [-0.25, -0.2) is 0 Å². The van der Waals surface area contributed by atoms with Gasteiger partial charge in [0, 0.05) is 35.7 Å². The molecule has 0 unspecified atom stereocenters. The summed E-state index contributed by atoms with van der Waals surface area (Å²) in [4.78, 5) is 10.6. The molecule has 6 nitrogen and oxygen atoms in total. The Labute approximate surface area is 143 Å². The normalized spacial score (nSPS) is 11.1. The van der Waals surface area contributed by atoms with Crippen LogP contribution in [0.4, 0.5) is 5.69 Å². The molecule has 0 aliphatic carbocycles. The second-order valence-electron chi connectivity index (χ2n) is 5.67. The molecule has 2 aromatic heterocycles. The van der Waals surface area contributed by atoms with E-state index in [0.29, 0.717) is 11.5 Å². The van der Waals surface area contributed by atoms with Gasteiger partial charge in [-0.3, -0.25) is 10.1 Å². The van der Waals surface area contributed by atoms with Gasteiger partial charge in [0.2, 0.25) is 11.0 Å². The predicted molar refractivity (Wildman–Crippen MR) is 94.4 cm³/mol. The van der Waals surface area contributed by atoms with Crippen LogP contribution in [0.15, 0.2) is 54.7 Å². The van der Waals surface area contributed by atoms with Crippen molar-refractivity contribution in [2.45, 2.75) is 0 Å². The molecule has 4 aromatic rings. The highest BCUT2D eigenvalue weighted by Crippen LogP contribution is 2.36. The van der Waals surface area contributed by atoms with Crippen molar-refractivity contribution in [3.8, 4) is 11.5 Å². The van der Waals surface area contributed by atoms with Gasteiger partial charge in [-0.05, 0) is 18.2 Å². The summed E-state index contributed by atoms with van der Waals surface area (Å²) in [5.74, 6) is 1.36. The fourth-order valence-corrected chi connectivity index (χ4v) is 3.26. The van der Waals surface area contributed by atoms with E-state index in [9.17, 15) is 10.1 Å². The lowest BCUT2D eigenvalue weighted by Crippen LogP contribution is -2.22. The largest absolute Gasteiger partial charge is 0.493 e. The van der Waals surface area contributed by atoms with Gasteiger partial charge in [-0.15, -0.1) is 0 Å². The van der Waals surface area contributed by atoms with E-state index in [1.165, 1.54) is 6.07 Å². The van der Waals surface area contributed by atoms with Crippen LogP contribution in [0.5, 0.6) is 11.5 Å². The van der Waals surface area contributed by atoms with Crippen LogP contribution >= 0.6 is 0 Å². The van der Waals surface area contributed by atoms with Crippen LogP contribution in [0.3, 0.4) is 0 Å². The van der Waals surface area contributed by atoms with E-state index >= 15 is 0 Å². The van der Waals surface area contributed by atoms with Crippen LogP contribution in [0.25, 0.3) is 27.2 Å². The highest BCUT2D eigenvalue weighted by atomic mass is 16.6. The zero-order valence-electron chi connectivity index (χ0n) is 13.7. The van der Waals surface area contributed by atoms with Crippen molar-refractivity contribution in [3.05, 3.63) is 64.8 Å². The molecular formula is C19H15N2O4+. The quantitative estimate of drug-likeness (QED) is 0.248. The van der Waals surface area contributed by atoms with Gasteiger partial charge < -0.3 is 9.47 Å². The van der Waals surface area contributed by atoms with E-state index in [0.717, 1.165) is 27.2 Å². The number of non-ortho nitro benzene ring substituents is 1. The summed E-state index contributed by atoms with van der Waals surface area (Å²) < 4.78 is 12.9. The Balaban J connectivity index is 2.08. The van der Waals surface area contributed by atoms with Crippen LogP contribution in [0, 0.1) is 10.1 Å². The fraction of sp³-hybridized carbons (Fsp3) is 0.105. The molecule has 0 saturated heterocycles. The number of nitrogens with zero attached hydrogens (tertiary/aromatic N) is 2. The van der Waals surface area contributed by atoms with Crippen molar-refractivity contribution < 1.29 is 18.8 Å². The minimum absolute atomic E-state index is 0.0830. The first-order chi connectivity index (χ1) is 12.1. The van der Waals surface area contributed by atoms with E-state index in [2.05, 4.69) is 0 Å². The molecule has 0 saturated carbocycles. The monoisotopic (exact) mass is 335 g/mol. The first-order valence-corrected chi connectivity index (χ1v) is 7.70. The molecule has 124 valence electrons. The summed E-state index contributed by atoms with van der Waals surface area (Å²) in [6, 6.07) is 14.6. The summed E-state index contributed by atoms with van der Waals surface area (Å²) in [5.41, 5.74) is 1.97. The number of aromatic nitrogens is 1. The maximum Gasteiger partial charge on any atom is 0.270 e. The first-order valence-electron chi connectivity index (χ1n) is 7.70. The second kappa shape index (κ2) is 5.59. The van der Waals surface area contributed by atoms with E-state index < -0.39 is 0 Å². The summed E-state index contributed by atoms with van der Waals surface area (Å²) in [6.07, 6.45) is 1.94. The molecular weight excluding hydrogens is 320 g/mol. The number of rotatable bonds is 3. The Kier molecular flexibility index (Phi) is 3.39. The minimum atomic E-state index is -0.383. The van der Waals surface area contributed by atoms with E-state index in [1.807, 2.05) is 40.9 Å². The summed E-state index contributed by atoms with van der Waals surface area (Å²) >= 11 is 0. The Morgan fingerprint density at radius 2 is 1.72 bits per heavy atom. The van der Waals surface area contributed by atoms with Gasteiger partial charge in [0.05, 0.1) is 29.9 Å². The second-order valence-corrected chi connectivity index (χ2v) is 5.67. The molecule has 25 heavy (non-hydrogen) atoms. The number of fused-ring (bicyclic) bond motifs is 5. The van der Waals surface area contributed by atoms with Crippen molar-refractivity contribution in [1.29, 1.82) is 0 Å². The van der Waals surface area contributed by atoms with Crippen molar-refractivity contribution in [2.24, 2.45) is 0 Å². The van der Waals surface area contributed by atoms with Crippen molar-refractivity contribution in [1.82, 2.24) is 0 Å². The lowest BCUT2D eigenvalue weighted by atomic mass is 10.1. The van der Waals surface area contributed by atoms with Crippen LogP contribution in [0.1, 0.15) is 0 Å².